The first-order valence-electron chi connectivity index (χ1n) is 11.2. The summed E-state index contributed by atoms with van der Waals surface area (Å²) in [6, 6.07) is 16.0. The Balaban J connectivity index is 0.00000363. The number of guanidine groups is 1. The molecule has 4 N–H and O–H groups in total. The van der Waals surface area contributed by atoms with Crippen molar-refractivity contribution in [2.45, 2.75) is 39.7 Å². The summed E-state index contributed by atoms with van der Waals surface area (Å²) in [5, 5.41) is 10.9. The summed E-state index contributed by atoms with van der Waals surface area (Å²) in [6.07, 6.45) is 5.06. The number of aromatic amines is 1. The molecule has 0 aliphatic heterocycles. The van der Waals surface area contributed by atoms with E-state index in [-0.39, 0.29) is 29.9 Å². The predicted octanol–water partition coefficient (Wildman–Crippen LogP) is 4.61. The molecule has 1 aromatic heterocycles. The van der Waals surface area contributed by atoms with Gasteiger partial charge in [-0.15, -0.1) is 24.0 Å². The number of amides is 1. The minimum absolute atomic E-state index is 0. The highest BCUT2D eigenvalue weighted by atomic mass is 127. The van der Waals surface area contributed by atoms with Crippen LogP contribution in [0.25, 0.3) is 10.9 Å². The Hall–Kier alpha value is -2.55. The van der Waals surface area contributed by atoms with Crippen molar-refractivity contribution < 1.29 is 4.79 Å². The lowest BCUT2D eigenvalue weighted by Crippen LogP contribution is -2.38. The minimum atomic E-state index is -0.0178. The number of fused-ring (bicyclic) bond motifs is 1. The molecule has 0 aliphatic carbocycles. The van der Waals surface area contributed by atoms with E-state index in [1.807, 2.05) is 30.3 Å². The van der Waals surface area contributed by atoms with Crippen molar-refractivity contribution in [2.24, 2.45) is 4.99 Å². The van der Waals surface area contributed by atoms with Crippen LogP contribution in [-0.2, 0) is 13.0 Å². The van der Waals surface area contributed by atoms with E-state index in [9.17, 15) is 4.79 Å². The maximum absolute atomic E-state index is 12.1. The first-order chi connectivity index (χ1) is 15.2. The molecule has 0 aliphatic rings. The van der Waals surface area contributed by atoms with Crippen molar-refractivity contribution in [3.63, 3.8) is 0 Å². The Morgan fingerprint density at radius 3 is 2.50 bits per heavy atom. The van der Waals surface area contributed by atoms with E-state index in [1.54, 1.807) is 0 Å². The molecule has 0 atom stereocenters. The number of nitrogens with zero attached hydrogens (tertiary/aromatic N) is 1. The number of aliphatic imine (C=N–C) groups is 1. The van der Waals surface area contributed by atoms with Crippen LogP contribution in [0.15, 0.2) is 59.7 Å². The largest absolute Gasteiger partial charge is 0.361 e. The van der Waals surface area contributed by atoms with Crippen LogP contribution in [0.4, 0.5) is 0 Å². The van der Waals surface area contributed by atoms with Gasteiger partial charge in [0.1, 0.15) is 0 Å². The lowest BCUT2D eigenvalue weighted by atomic mass is 10.1. The van der Waals surface area contributed by atoms with Gasteiger partial charge in [-0.25, -0.2) is 4.99 Å². The van der Waals surface area contributed by atoms with Gasteiger partial charge in [0.2, 0.25) is 0 Å². The fourth-order valence-electron chi connectivity index (χ4n) is 3.41. The lowest BCUT2D eigenvalue weighted by Gasteiger charge is -2.11. The molecule has 0 saturated heterocycles. The van der Waals surface area contributed by atoms with Crippen LogP contribution in [0.2, 0.25) is 0 Å². The van der Waals surface area contributed by atoms with Gasteiger partial charge in [-0.3, -0.25) is 4.79 Å². The van der Waals surface area contributed by atoms with Gasteiger partial charge >= 0.3 is 0 Å². The number of hydrogen-bond acceptors (Lipinski definition) is 2. The van der Waals surface area contributed by atoms with Crippen molar-refractivity contribution in [1.29, 1.82) is 0 Å². The number of benzene rings is 2. The highest BCUT2D eigenvalue weighted by Crippen LogP contribution is 2.17. The van der Waals surface area contributed by atoms with Crippen LogP contribution in [0.3, 0.4) is 0 Å². The molecule has 172 valence electrons. The number of para-hydroxylation sites is 1. The topological polar surface area (TPSA) is 81.3 Å². The van der Waals surface area contributed by atoms with Crippen molar-refractivity contribution in [1.82, 2.24) is 20.9 Å². The average molecular weight is 547 g/mol. The molecule has 1 amide bonds. The number of unbranched alkanes of at least 4 members (excludes halogenated alkanes) is 1. The standard InChI is InChI=1S/C25H33N5O.HI/c1-3-5-15-27-24(31)20-12-10-19(11-13-20)17-30-25(26-4-2)28-16-14-21-18-29-23-9-7-6-8-22(21)23;/h6-13,18,29H,3-5,14-17H2,1-2H3,(H,27,31)(H2,26,28,30);1H. The Morgan fingerprint density at radius 2 is 1.75 bits per heavy atom. The van der Waals surface area contributed by atoms with Crippen LogP contribution >= 0.6 is 24.0 Å². The van der Waals surface area contributed by atoms with Gasteiger partial charge in [0, 0.05) is 42.3 Å². The Morgan fingerprint density at radius 1 is 0.969 bits per heavy atom. The number of hydrogen-bond donors (Lipinski definition) is 4. The Bertz CT molecular complexity index is 997. The van der Waals surface area contributed by atoms with Gasteiger partial charge in [-0.05, 0) is 49.1 Å². The number of nitrogens with one attached hydrogen (secondary N) is 4. The number of carbonyl (C=O) groups excluding carboxylic acids is 1. The van der Waals surface area contributed by atoms with Gasteiger partial charge in [0.25, 0.3) is 5.91 Å². The molecule has 0 radical (unpaired) electrons. The van der Waals surface area contributed by atoms with Crippen LogP contribution in [0.5, 0.6) is 0 Å². The molecule has 32 heavy (non-hydrogen) atoms. The van der Waals surface area contributed by atoms with Crippen LogP contribution in [0.1, 0.15) is 48.2 Å². The zero-order valence-electron chi connectivity index (χ0n) is 18.9. The SMILES string of the molecule is CCCCNC(=O)c1ccc(CN=C(NCC)NCCc2c[nH]c3ccccc23)cc1.I. The number of rotatable bonds is 10. The molecule has 7 heteroatoms. The molecule has 3 aromatic rings. The summed E-state index contributed by atoms with van der Waals surface area (Å²) in [4.78, 5) is 20.1. The number of H-pyrrole nitrogens is 1. The van der Waals surface area contributed by atoms with E-state index < -0.39 is 0 Å². The molecule has 6 nitrogen and oxygen atoms in total. The fraction of sp³-hybridized carbons (Fsp3) is 0.360. The van der Waals surface area contributed by atoms with Gasteiger partial charge in [-0.2, -0.15) is 0 Å². The van der Waals surface area contributed by atoms with Crippen molar-refractivity contribution >= 4 is 46.7 Å². The molecule has 2 aromatic carbocycles. The van der Waals surface area contributed by atoms with E-state index in [2.05, 4.69) is 64.2 Å². The second kappa shape index (κ2) is 13.8. The summed E-state index contributed by atoms with van der Waals surface area (Å²) in [6.45, 7) is 7.04. The molecule has 0 unspecified atom stereocenters. The highest BCUT2D eigenvalue weighted by Gasteiger charge is 2.06. The molecule has 0 spiro atoms. The van der Waals surface area contributed by atoms with E-state index in [0.29, 0.717) is 12.1 Å². The van der Waals surface area contributed by atoms with E-state index in [0.717, 1.165) is 50.4 Å². The van der Waals surface area contributed by atoms with Gasteiger partial charge in [-0.1, -0.05) is 43.7 Å². The third-order valence-electron chi connectivity index (χ3n) is 5.16. The Kier molecular flexibility index (Phi) is 11.1. The average Bonchev–Trinajstić information content (AvgIpc) is 3.21. The third-order valence-corrected chi connectivity index (χ3v) is 5.16. The van der Waals surface area contributed by atoms with Gasteiger partial charge in [0.05, 0.1) is 6.54 Å². The monoisotopic (exact) mass is 547 g/mol. The van der Waals surface area contributed by atoms with Gasteiger partial charge in [0.15, 0.2) is 5.96 Å². The zero-order valence-corrected chi connectivity index (χ0v) is 21.2. The van der Waals surface area contributed by atoms with Crippen molar-refractivity contribution in [2.75, 3.05) is 19.6 Å². The van der Waals surface area contributed by atoms with Gasteiger partial charge < -0.3 is 20.9 Å². The molecule has 0 bridgehead atoms. The quantitative estimate of drug-likeness (QED) is 0.130. The molecular weight excluding hydrogens is 513 g/mol. The lowest BCUT2D eigenvalue weighted by molar-refractivity contribution is 0.0953. The number of halogens is 1. The van der Waals surface area contributed by atoms with Crippen LogP contribution in [-0.4, -0.2) is 36.5 Å². The smallest absolute Gasteiger partial charge is 0.251 e. The molecule has 1 heterocycles. The van der Waals surface area contributed by atoms with Crippen LogP contribution in [0, 0.1) is 0 Å². The summed E-state index contributed by atoms with van der Waals surface area (Å²) in [5.41, 5.74) is 4.22. The first kappa shape index (κ1) is 25.7. The fourth-order valence-corrected chi connectivity index (χ4v) is 3.41. The number of aromatic nitrogens is 1. The maximum atomic E-state index is 12.1. The second-order valence-electron chi connectivity index (χ2n) is 7.54. The van der Waals surface area contributed by atoms with E-state index >= 15 is 0 Å². The minimum Gasteiger partial charge on any atom is -0.361 e. The summed E-state index contributed by atoms with van der Waals surface area (Å²) >= 11 is 0. The number of carbonyl (C=O) groups is 1. The van der Waals surface area contributed by atoms with E-state index in [4.69, 9.17) is 0 Å². The first-order valence-corrected chi connectivity index (χ1v) is 11.2. The highest BCUT2D eigenvalue weighted by molar-refractivity contribution is 14.0. The van der Waals surface area contributed by atoms with E-state index in [1.165, 1.54) is 16.5 Å². The Labute approximate surface area is 207 Å². The van der Waals surface area contributed by atoms with Crippen LogP contribution < -0.4 is 16.0 Å². The summed E-state index contributed by atoms with van der Waals surface area (Å²) in [7, 11) is 0. The van der Waals surface area contributed by atoms with Crippen molar-refractivity contribution in [3.8, 4) is 0 Å². The molecule has 0 saturated carbocycles. The third kappa shape index (κ3) is 7.55. The zero-order chi connectivity index (χ0) is 21.9. The maximum Gasteiger partial charge on any atom is 0.251 e. The summed E-state index contributed by atoms with van der Waals surface area (Å²) in [5.74, 6) is 0.777. The molecule has 3 rings (SSSR count). The summed E-state index contributed by atoms with van der Waals surface area (Å²) < 4.78 is 0. The predicted molar refractivity (Wildman–Crippen MR) is 144 cm³/mol. The molecular formula is C25H34IN5O. The second-order valence-corrected chi connectivity index (χ2v) is 7.54. The molecule has 0 fully saturated rings. The van der Waals surface area contributed by atoms with Crippen molar-refractivity contribution in [3.05, 3.63) is 71.4 Å². The normalized spacial score (nSPS) is 11.1.